The lowest BCUT2D eigenvalue weighted by Crippen LogP contribution is -2.39. The Labute approximate surface area is 157 Å². The van der Waals surface area contributed by atoms with Gasteiger partial charge >= 0.3 is 6.36 Å². The van der Waals surface area contributed by atoms with Gasteiger partial charge in [-0.15, -0.1) is 13.2 Å². The molecule has 1 aromatic rings. The molecule has 1 fully saturated rings. The van der Waals surface area contributed by atoms with Gasteiger partial charge in [0.25, 0.3) is 0 Å². The molecule has 0 spiro atoms. The van der Waals surface area contributed by atoms with Gasteiger partial charge in [0.2, 0.25) is 0 Å². The first kappa shape index (κ1) is 21.3. The number of aliphatic imine (C=N–C) groups is 1. The number of hydrogen-bond donors (Lipinski definition) is 2. The highest BCUT2D eigenvalue weighted by atomic mass is 19.4. The third-order valence-corrected chi connectivity index (χ3v) is 3.94. The molecule has 1 heterocycles. The highest BCUT2D eigenvalue weighted by Gasteiger charge is 2.30. The summed E-state index contributed by atoms with van der Waals surface area (Å²) in [6.07, 6.45) is -1.98. The van der Waals surface area contributed by atoms with Gasteiger partial charge in [-0.2, -0.15) is 0 Å². The van der Waals surface area contributed by atoms with Gasteiger partial charge in [-0.25, -0.2) is 0 Å². The summed E-state index contributed by atoms with van der Waals surface area (Å²) in [6, 6.07) is 5.85. The van der Waals surface area contributed by atoms with Gasteiger partial charge in [0.1, 0.15) is 5.75 Å². The second-order valence-electron chi connectivity index (χ2n) is 6.08. The number of halogens is 3. The Bertz CT molecular complexity index is 573. The summed E-state index contributed by atoms with van der Waals surface area (Å²) in [7, 11) is 1.69. The zero-order valence-corrected chi connectivity index (χ0v) is 15.3. The number of benzene rings is 1. The maximum atomic E-state index is 12.1. The van der Waals surface area contributed by atoms with Crippen molar-refractivity contribution in [2.75, 3.05) is 40.0 Å². The molecule has 27 heavy (non-hydrogen) atoms. The molecular formula is C18H26F3N3O3. The Hall–Kier alpha value is -2.00. The van der Waals surface area contributed by atoms with Crippen molar-refractivity contribution in [1.82, 2.24) is 10.6 Å². The van der Waals surface area contributed by atoms with Crippen LogP contribution in [0.4, 0.5) is 13.2 Å². The van der Waals surface area contributed by atoms with Crippen molar-refractivity contribution < 1.29 is 27.4 Å². The average molecular weight is 389 g/mol. The quantitative estimate of drug-likeness (QED) is 0.386. The van der Waals surface area contributed by atoms with Crippen molar-refractivity contribution >= 4 is 5.96 Å². The van der Waals surface area contributed by atoms with Crippen LogP contribution in [-0.4, -0.2) is 58.4 Å². The highest BCUT2D eigenvalue weighted by Crippen LogP contribution is 2.22. The SMILES string of the molecule is CN=C(NCCCOC1CCOC1)NCCc1ccc(OC(F)(F)F)cc1. The molecule has 0 amide bonds. The fourth-order valence-electron chi connectivity index (χ4n) is 2.58. The number of hydrogen-bond acceptors (Lipinski definition) is 4. The van der Waals surface area contributed by atoms with Gasteiger partial charge in [0.05, 0.1) is 12.7 Å². The average Bonchev–Trinajstić information content (AvgIpc) is 3.13. The van der Waals surface area contributed by atoms with Crippen LogP contribution in [0, 0.1) is 0 Å². The molecule has 9 heteroatoms. The molecule has 1 unspecified atom stereocenters. The number of ether oxygens (including phenoxy) is 3. The molecule has 1 aliphatic heterocycles. The first-order chi connectivity index (χ1) is 13.0. The number of nitrogens with one attached hydrogen (secondary N) is 2. The van der Waals surface area contributed by atoms with Crippen molar-refractivity contribution in [3.05, 3.63) is 29.8 Å². The molecule has 1 aromatic carbocycles. The van der Waals surface area contributed by atoms with E-state index in [2.05, 4.69) is 20.4 Å². The lowest BCUT2D eigenvalue weighted by Gasteiger charge is -2.13. The second kappa shape index (κ2) is 11.0. The summed E-state index contributed by atoms with van der Waals surface area (Å²) in [5.74, 6) is 0.458. The predicted octanol–water partition coefficient (Wildman–Crippen LogP) is 2.49. The van der Waals surface area contributed by atoms with Crippen LogP contribution in [0.1, 0.15) is 18.4 Å². The van der Waals surface area contributed by atoms with E-state index in [0.29, 0.717) is 32.1 Å². The lowest BCUT2D eigenvalue weighted by molar-refractivity contribution is -0.274. The van der Waals surface area contributed by atoms with Crippen LogP contribution >= 0.6 is 0 Å². The molecule has 152 valence electrons. The Kier molecular flexibility index (Phi) is 8.66. The molecule has 0 radical (unpaired) electrons. The van der Waals surface area contributed by atoms with Crippen molar-refractivity contribution in [2.45, 2.75) is 31.7 Å². The third-order valence-electron chi connectivity index (χ3n) is 3.94. The molecule has 6 nitrogen and oxygen atoms in total. The van der Waals surface area contributed by atoms with Gasteiger partial charge in [-0.1, -0.05) is 12.1 Å². The van der Waals surface area contributed by atoms with Gasteiger partial charge in [-0.05, 0) is 37.0 Å². The minimum atomic E-state index is -4.67. The van der Waals surface area contributed by atoms with E-state index in [1.54, 1.807) is 19.2 Å². The van der Waals surface area contributed by atoms with Crippen molar-refractivity contribution in [3.8, 4) is 5.75 Å². The Balaban J connectivity index is 1.58. The van der Waals surface area contributed by atoms with Gasteiger partial charge < -0.3 is 24.8 Å². The molecule has 0 aromatic heterocycles. The summed E-state index contributed by atoms with van der Waals surface area (Å²) >= 11 is 0. The molecular weight excluding hydrogens is 363 g/mol. The molecule has 0 saturated carbocycles. The summed E-state index contributed by atoms with van der Waals surface area (Å²) in [6.45, 7) is 3.47. The minimum absolute atomic E-state index is 0.218. The monoisotopic (exact) mass is 389 g/mol. The van der Waals surface area contributed by atoms with E-state index in [9.17, 15) is 13.2 Å². The molecule has 2 rings (SSSR count). The van der Waals surface area contributed by atoms with E-state index in [1.165, 1.54) is 12.1 Å². The number of guanidine groups is 1. The number of nitrogens with zero attached hydrogens (tertiary/aromatic N) is 1. The molecule has 2 N–H and O–H groups in total. The van der Waals surface area contributed by atoms with Gasteiger partial charge in [0.15, 0.2) is 5.96 Å². The van der Waals surface area contributed by atoms with Crippen LogP contribution in [0.2, 0.25) is 0 Å². The third kappa shape index (κ3) is 8.96. The topological polar surface area (TPSA) is 64.1 Å². The summed E-state index contributed by atoms with van der Waals surface area (Å²) < 4.78 is 51.2. The van der Waals surface area contributed by atoms with Gasteiger partial charge in [0, 0.05) is 33.4 Å². The lowest BCUT2D eigenvalue weighted by atomic mass is 10.1. The largest absolute Gasteiger partial charge is 0.573 e. The van der Waals surface area contributed by atoms with Crippen LogP contribution < -0.4 is 15.4 Å². The van der Waals surface area contributed by atoms with Crippen LogP contribution in [0.25, 0.3) is 0 Å². The van der Waals surface area contributed by atoms with E-state index in [-0.39, 0.29) is 11.9 Å². The zero-order chi connectivity index (χ0) is 19.5. The number of alkyl halides is 3. The molecule has 0 aliphatic carbocycles. The van der Waals surface area contributed by atoms with E-state index in [4.69, 9.17) is 9.47 Å². The van der Waals surface area contributed by atoms with Crippen LogP contribution in [-0.2, 0) is 15.9 Å². The maximum Gasteiger partial charge on any atom is 0.573 e. The minimum Gasteiger partial charge on any atom is -0.406 e. The van der Waals surface area contributed by atoms with E-state index >= 15 is 0 Å². The van der Waals surface area contributed by atoms with Crippen molar-refractivity contribution in [2.24, 2.45) is 4.99 Å². The Morgan fingerprint density at radius 2 is 1.96 bits per heavy atom. The van der Waals surface area contributed by atoms with Crippen LogP contribution in [0.3, 0.4) is 0 Å². The van der Waals surface area contributed by atoms with Crippen LogP contribution in [0.5, 0.6) is 5.75 Å². The molecule has 1 aliphatic rings. The zero-order valence-electron chi connectivity index (χ0n) is 15.3. The first-order valence-electron chi connectivity index (χ1n) is 8.95. The first-order valence-corrected chi connectivity index (χ1v) is 8.95. The Morgan fingerprint density at radius 1 is 1.22 bits per heavy atom. The standard InChI is InChI=1S/C18H26F3N3O3/c1-22-17(23-9-2-11-26-16-8-12-25-13-16)24-10-7-14-3-5-15(6-4-14)27-18(19,20)21/h3-6,16H,2,7-13H2,1H3,(H2,22,23,24). The normalized spacial score (nSPS) is 17.8. The summed E-state index contributed by atoms with van der Waals surface area (Å²) in [5.41, 5.74) is 0.902. The second-order valence-corrected chi connectivity index (χ2v) is 6.08. The van der Waals surface area contributed by atoms with Crippen molar-refractivity contribution in [3.63, 3.8) is 0 Å². The van der Waals surface area contributed by atoms with Gasteiger partial charge in [-0.3, -0.25) is 4.99 Å². The van der Waals surface area contributed by atoms with E-state index in [0.717, 1.165) is 31.6 Å². The van der Waals surface area contributed by atoms with E-state index < -0.39 is 6.36 Å². The Morgan fingerprint density at radius 3 is 2.59 bits per heavy atom. The molecule has 1 atom stereocenters. The molecule has 1 saturated heterocycles. The molecule has 0 bridgehead atoms. The van der Waals surface area contributed by atoms with Crippen LogP contribution in [0.15, 0.2) is 29.3 Å². The smallest absolute Gasteiger partial charge is 0.406 e. The fraction of sp³-hybridized carbons (Fsp3) is 0.611. The van der Waals surface area contributed by atoms with Crippen molar-refractivity contribution in [1.29, 1.82) is 0 Å². The maximum absolute atomic E-state index is 12.1. The van der Waals surface area contributed by atoms with E-state index in [1.807, 2.05) is 0 Å². The summed E-state index contributed by atoms with van der Waals surface area (Å²) in [5, 5.41) is 6.37. The fourth-order valence-corrected chi connectivity index (χ4v) is 2.58. The number of rotatable bonds is 9. The predicted molar refractivity (Wildman–Crippen MR) is 96.0 cm³/mol. The summed E-state index contributed by atoms with van der Waals surface area (Å²) in [4.78, 5) is 4.14. The highest BCUT2D eigenvalue weighted by molar-refractivity contribution is 5.79.